The number of halogens is 1. The van der Waals surface area contributed by atoms with E-state index in [9.17, 15) is 4.79 Å². The summed E-state index contributed by atoms with van der Waals surface area (Å²) < 4.78 is 5.04. The number of anilines is 1. The summed E-state index contributed by atoms with van der Waals surface area (Å²) in [6.07, 6.45) is 1.86. The maximum absolute atomic E-state index is 11.8. The first kappa shape index (κ1) is 15.0. The van der Waals surface area contributed by atoms with Crippen molar-refractivity contribution in [2.24, 2.45) is 5.92 Å². The molecule has 6 nitrogen and oxygen atoms in total. The third-order valence-corrected chi connectivity index (χ3v) is 3.56. The van der Waals surface area contributed by atoms with E-state index < -0.39 is 0 Å². The van der Waals surface area contributed by atoms with Crippen LogP contribution in [0.5, 0.6) is 0 Å². The molecule has 0 spiro atoms. The topological polar surface area (TPSA) is 67.4 Å². The van der Waals surface area contributed by atoms with Gasteiger partial charge in [0.15, 0.2) is 5.82 Å². The lowest BCUT2D eigenvalue weighted by Gasteiger charge is -2.32. The zero-order chi connectivity index (χ0) is 14.5. The number of nitrogens with zero attached hydrogens (tertiary/aromatic N) is 3. The van der Waals surface area contributed by atoms with E-state index in [1.54, 1.807) is 20.2 Å². The Hall–Kier alpha value is -1.40. The van der Waals surface area contributed by atoms with Crippen LogP contribution in [0.1, 0.15) is 18.7 Å². The van der Waals surface area contributed by atoms with Crippen LogP contribution < -0.4 is 10.2 Å². The molecule has 1 aromatic rings. The summed E-state index contributed by atoms with van der Waals surface area (Å²) in [5.41, 5.74) is 0. The number of rotatable bonds is 4. The highest BCUT2D eigenvalue weighted by Crippen LogP contribution is 2.23. The van der Waals surface area contributed by atoms with Crippen molar-refractivity contribution < 1.29 is 9.53 Å². The SMILES string of the molecule is CNC(=O)C1CCCN(c2cc(Cl)nc(COC)n2)C1. The van der Waals surface area contributed by atoms with E-state index in [1.807, 2.05) is 0 Å². The van der Waals surface area contributed by atoms with Crippen molar-refractivity contribution in [3.63, 3.8) is 0 Å². The van der Waals surface area contributed by atoms with Gasteiger partial charge >= 0.3 is 0 Å². The zero-order valence-electron chi connectivity index (χ0n) is 11.7. The van der Waals surface area contributed by atoms with Crippen LogP contribution >= 0.6 is 11.6 Å². The first-order chi connectivity index (χ1) is 9.63. The molecule has 0 aliphatic carbocycles. The lowest BCUT2D eigenvalue weighted by Crippen LogP contribution is -2.42. The predicted molar refractivity (Wildman–Crippen MR) is 76.8 cm³/mol. The van der Waals surface area contributed by atoms with Gasteiger partial charge in [-0.3, -0.25) is 4.79 Å². The number of carbonyl (C=O) groups is 1. The van der Waals surface area contributed by atoms with Crippen LogP contribution in [0, 0.1) is 5.92 Å². The molecule has 1 saturated heterocycles. The van der Waals surface area contributed by atoms with E-state index >= 15 is 0 Å². The summed E-state index contributed by atoms with van der Waals surface area (Å²) in [5.74, 6) is 1.38. The number of amides is 1. The molecule has 1 aromatic heterocycles. The molecular weight excluding hydrogens is 280 g/mol. The Morgan fingerprint density at radius 1 is 1.60 bits per heavy atom. The van der Waals surface area contributed by atoms with Crippen LogP contribution in [0.15, 0.2) is 6.07 Å². The van der Waals surface area contributed by atoms with Gasteiger partial charge in [0.25, 0.3) is 0 Å². The Kier molecular flexibility index (Phi) is 5.14. The molecule has 1 aliphatic heterocycles. The van der Waals surface area contributed by atoms with Crippen molar-refractivity contribution in [1.29, 1.82) is 0 Å². The third-order valence-electron chi connectivity index (χ3n) is 3.36. The standard InChI is InChI=1S/C13H19ClN4O2/c1-15-13(19)9-4-3-5-18(7-9)12-6-10(14)16-11(17-12)8-20-2/h6,9H,3-5,7-8H2,1-2H3,(H,15,19). The summed E-state index contributed by atoms with van der Waals surface area (Å²) >= 11 is 6.02. The molecule has 20 heavy (non-hydrogen) atoms. The Balaban J connectivity index is 2.15. The number of carbonyl (C=O) groups excluding carboxylic acids is 1. The maximum Gasteiger partial charge on any atom is 0.224 e. The van der Waals surface area contributed by atoms with Crippen molar-refractivity contribution in [3.8, 4) is 0 Å². The van der Waals surface area contributed by atoms with Gasteiger partial charge in [-0.1, -0.05) is 11.6 Å². The number of hydrogen-bond donors (Lipinski definition) is 1. The summed E-state index contributed by atoms with van der Waals surface area (Å²) in [4.78, 5) is 22.4. The van der Waals surface area contributed by atoms with Crippen LogP contribution in [0.2, 0.25) is 5.15 Å². The number of methoxy groups -OCH3 is 1. The Bertz CT molecular complexity index is 483. The van der Waals surface area contributed by atoms with Gasteiger partial charge in [0.2, 0.25) is 5.91 Å². The lowest BCUT2D eigenvalue weighted by molar-refractivity contribution is -0.124. The third kappa shape index (κ3) is 3.58. The van der Waals surface area contributed by atoms with Crippen molar-refractivity contribution in [3.05, 3.63) is 17.0 Å². The van der Waals surface area contributed by atoms with E-state index in [0.29, 0.717) is 24.1 Å². The highest BCUT2D eigenvalue weighted by molar-refractivity contribution is 6.29. The van der Waals surface area contributed by atoms with Crippen LogP contribution in [0.4, 0.5) is 5.82 Å². The molecule has 2 heterocycles. The summed E-state index contributed by atoms with van der Waals surface area (Å²) in [5, 5.41) is 3.10. The van der Waals surface area contributed by atoms with Crippen molar-refractivity contribution >= 4 is 23.3 Å². The molecule has 1 unspecified atom stereocenters. The summed E-state index contributed by atoms with van der Waals surface area (Å²) in [7, 11) is 3.26. The monoisotopic (exact) mass is 298 g/mol. The number of piperidine rings is 1. The molecule has 2 rings (SSSR count). The normalized spacial score (nSPS) is 18.9. The van der Waals surface area contributed by atoms with Crippen molar-refractivity contribution in [2.45, 2.75) is 19.4 Å². The van der Waals surface area contributed by atoms with E-state index in [2.05, 4.69) is 20.2 Å². The Morgan fingerprint density at radius 3 is 3.10 bits per heavy atom. The fourth-order valence-electron chi connectivity index (χ4n) is 2.41. The van der Waals surface area contributed by atoms with Gasteiger partial charge in [0.05, 0.1) is 5.92 Å². The molecule has 0 bridgehead atoms. The first-order valence-corrected chi connectivity index (χ1v) is 7.00. The largest absolute Gasteiger partial charge is 0.377 e. The highest BCUT2D eigenvalue weighted by atomic mass is 35.5. The van der Waals surface area contributed by atoms with E-state index in [1.165, 1.54) is 0 Å². The second-order valence-electron chi connectivity index (χ2n) is 4.80. The van der Waals surface area contributed by atoms with Crippen LogP contribution in [-0.4, -0.2) is 43.1 Å². The minimum atomic E-state index is -0.00614. The van der Waals surface area contributed by atoms with Crippen molar-refractivity contribution in [2.75, 3.05) is 32.1 Å². The zero-order valence-corrected chi connectivity index (χ0v) is 12.5. The smallest absolute Gasteiger partial charge is 0.224 e. The average molecular weight is 299 g/mol. The molecule has 1 N–H and O–H groups in total. The van der Waals surface area contributed by atoms with Gasteiger partial charge in [0.1, 0.15) is 17.6 Å². The quantitative estimate of drug-likeness (QED) is 0.847. The minimum Gasteiger partial charge on any atom is -0.377 e. The molecule has 1 amide bonds. The number of hydrogen-bond acceptors (Lipinski definition) is 5. The van der Waals surface area contributed by atoms with Crippen LogP contribution in [0.3, 0.4) is 0 Å². The van der Waals surface area contributed by atoms with Crippen molar-refractivity contribution in [1.82, 2.24) is 15.3 Å². The molecule has 0 radical (unpaired) electrons. The predicted octanol–water partition coefficient (Wildman–Crippen LogP) is 1.24. The summed E-state index contributed by atoms with van der Waals surface area (Å²) in [6, 6.07) is 1.73. The number of aromatic nitrogens is 2. The second kappa shape index (κ2) is 6.85. The van der Waals surface area contributed by atoms with E-state index in [-0.39, 0.29) is 11.8 Å². The fourth-order valence-corrected chi connectivity index (χ4v) is 2.61. The van der Waals surface area contributed by atoms with Gasteiger partial charge < -0.3 is 15.0 Å². The molecule has 110 valence electrons. The molecule has 0 saturated carbocycles. The Morgan fingerprint density at radius 2 is 2.40 bits per heavy atom. The summed E-state index contributed by atoms with van der Waals surface area (Å²) in [6.45, 7) is 1.84. The van der Waals surface area contributed by atoms with Gasteiger partial charge in [-0.05, 0) is 12.8 Å². The average Bonchev–Trinajstić information content (AvgIpc) is 2.46. The molecule has 0 aromatic carbocycles. The van der Waals surface area contributed by atoms with Crippen LogP contribution in [0.25, 0.3) is 0 Å². The van der Waals surface area contributed by atoms with Gasteiger partial charge in [-0.2, -0.15) is 0 Å². The second-order valence-corrected chi connectivity index (χ2v) is 5.18. The minimum absolute atomic E-state index is 0.00614. The van der Waals surface area contributed by atoms with Gasteiger partial charge in [-0.25, -0.2) is 9.97 Å². The first-order valence-electron chi connectivity index (χ1n) is 6.63. The maximum atomic E-state index is 11.8. The van der Waals surface area contributed by atoms with Crippen LogP contribution in [-0.2, 0) is 16.1 Å². The molecule has 7 heteroatoms. The number of ether oxygens (including phenoxy) is 1. The number of nitrogens with one attached hydrogen (secondary N) is 1. The molecule has 1 fully saturated rings. The fraction of sp³-hybridized carbons (Fsp3) is 0.615. The van der Waals surface area contributed by atoms with E-state index in [4.69, 9.17) is 16.3 Å². The Labute approximate surface area is 123 Å². The van der Waals surface area contributed by atoms with E-state index in [0.717, 1.165) is 25.2 Å². The molecule has 1 aliphatic rings. The highest BCUT2D eigenvalue weighted by Gasteiger charge is 2.26. The molecule has 1 atom stereocenters. The van der Waals surface area contributed by atoms with Gasteiger partial charge in [0, 0.05) is 33.3 Å². The van der Waals surface area contributed by atoms with Gasteiger partial charge in [-0.15, -0.1) is 0 Å². The lowest BCUT2D eigenvalue weighted by atomic mass is 9.97. The molecular formula is C13H19ClN4O2.